The molecule has 0 N–H and O–H groups in total. The molecule has 0 bridgehead atoms. The standard InChI is InChI=1S/C20H25ClO4/c1-4-6-10-23-18-13-15-12-16(21)8-9-17(15)19(25-14(3)22)20(18)24-11-7-5-2/h8-9,12-13H,4-7,10-11H2,1-3H3. The molecule has 0 saturated carbocycles. The van der Waals surface area contributed by atoms with Crippen molar-refractivity contribution >= 4 is 28.3 Å². The van der Waals surface area contributed by atoms with E-state index < -0.39 is 5.97 Å². The van der Waals surface area contributed by atoms with Crippen molar-refractivity contribution in [2.24, 2.45) is 0 Å². The van der Waals surface area contributed by atoms with Gasteiger partial charge in [-0.2, -0.15) is 0 Å². The number of unbranched alkanes of at least 4 members (excludes halogenated alkanes) is 2. The van der Waals surface area contributed by atoms with Crippen LogP contribution in [0.5, 0.6) is 17.2 Å². The van der Waals surface area contributed by atoms with Crippen LogP contribution in [0.25, 0.3) is 10.8 Å². The Bertz CT molecular complexity index is 727. The van der Waals surface area contributed by atoms with Crippen LogP contribution in [0.15, 0.2) is 24.3 Å². The molecule has 0 radical (unpaired) electrons. The average molecular weight is 365 g/mol. The topological polar surface area (TPSA) is 44.8 Å². The lowest BCUT2D eigenvalue weighted by Crippen LogP contribution is -2.08. The highest BCUT2D eigenvalue weighted by atomic mass is 35.5. The number of benzene rings is 2. The fraction of sp³-hybridized carbons (Fsp3) is 0.450. The van der Waals surface area contributed by atoms with Crippen molar-refractivity contribution < 1.29 is 19.0 Å². The van der Waals surface area contributed by atoms with Crippen molar-refractivity contribution in [3.63, 3.8) is 0 Å². The van der Waals surface area contributed by atoms with Gasteiger partial charge in [0.1, 0.15) is 0 Å². The molecule has 0 saturated heterocycles. The number of carbonyl (C=O) groups is 1. The van der Waals surface area contributed by atoms with Crippen molar-refractivity contribution in [3.8, 4) is 17.2 Å². The minimum atomic E-state index is -0.401. The molecule has 0 atom stereocenters. The zero-order chi connectivity index (χ0) is 18.2. The third kappa shape index (κ3) is 5.27. The molecule has 0 aliphatic heterocycles. The lowest BCUT2D eigenvalue weighted by atomic mass is 10.1. The number of rotatable bonds is 9. The molecule has 136 valence electrons. The van der Waals surface area contributed by atoms with Gasteiger partial charge in [0.15, 0.2) is 11.5 Å². The van der Waals surface area contributed by atoms with E-state index in [0.29, 0.717) is 35.5 Å². The molecule has 2 aromatic rings. The summed E-state index contributed by atoms with van der Waals surface area (Å²) in [7, 11) is 0. The largest absolute Gasteiger partial charge is 0.490 e. The second kappa shape index (κ2) is 9.52. The van der Waals surface area contributed by atoms with Crippen LogP contribution in [0.1, 0.15) is 46.5 Å². The SMILES string of the molecule is CCCCOc1cc2cc(Cl)ccc2c(OC(C)=O)c1OCCCC. The minimum absolute atomic E-state index is 0.393. The molecule has 0 aliphatic rings. The summed E-state index contributed by atoms with van der Waals surface area (Å²) in [6.07, 6.45) is 3.89. The van der Waals surface area contributed by atoms with Crippen LogP contribution >= 0.6 is 11.6 Å². The Hall–Kier alpha value is -1.94. The highest BCUT2D eigenvalue weighted by Gasteiger charge is 2.19. The number of fused-ring (bicyclic) bond motifs is 1. The Morgan fingerprint density at radius 3 is 2.32 bits per heavy atom. The summed E-state index contributed by atoms with van der Waals surface area (Å²) in [5.41, 5.74) is 0. The van der Waals surface area contributed by atoms with Crippen LogP contribution in [0.4, 0.5) is 0 Å². The molecule has 0 fully saturated rings. The summed E-state index contributed by atoms with van der Waals surface area (Å²) < 4.78 is 17.4. The zero-order valence-electron chi connectivity index (χ0n) is 15.1. The van der Waals surface area contributed by atoms with Gasteiger partial charge in [0.05, 0.1) is 13.2 Å². The first-order valence-electron chi connectivity index (χ1n) is 8.77. The van der Waals surface area contributed by atoms with E-state index in [2.05, 4.69) is 13.8 Å². The molecular weight excluding hydrogens is 340 g/mol. The van der Waals surface area contributed by atoms with Gasteiger partial charge >= 0.3 is 5.97 Å². The van der Waals surface area contributed by atoms with Crippen LogP contribution < -0.4 is 14.2 Å². The van der Waals surface area contributed by atoms with Crippen molar-refractivity contribution in [3.05, 3.63) is 29.3 Å². The molecule has 0 aromatic heterocycles. The molecular formula is C20H25ClO4. The maximum atomic E-state index is 11.6. The number of halogens is 1. The number of hydrogen-bond donors (Lipinski definition) is 0. The van der Waals surface area contributed by atoms with Crippen LogP contribution in [-0.2, 0) is 4.79 Å². The van der Waals surface area contributed by atoms with Gasteiger partial charge in [-0.1, -0.05) is 38.3 Å². The van der Waals surface area contributed by atoms with E-state index in [1.807, 2.05) is 18.2 Å². The smallest absolute Gasteiger partial charge is 0.308 e. The summed E-state index contributed by atoms with van der Waals surface area (Å²) in [6, 6.07) is 7.32. The van der Waals surface area contributed by atoms with E-state index in [0.717, 1.165) is 36.5 Å². The predicted octanol–water partition coefficient (Wildman–Crippen LogP) is 5.78. The third-order valence-corrected chi connectivity index (χ3v) is 3.96. The van der Waals surface area contributed by atoms with Crippen molar-refractivity contribution in [2.45, 2.75) is 46.5 Å². The van der Waals surface area contributed by atoms with E-state index in [1.54, 1.807) is 6.07 Å². The third-order valence-electron chi connectivity index (χ3n) is 3.72. The van der Waals surface area contributed by atoms with E-state index in [-0.39, 0.29) is 0 Å². The molecule has 5 heteroatoms. The number of ether oxygens (including phenoxy) is 3. The average Bonchev–Trinajstić information content (AvgIpc) is 2.56. The lowest BCUT2D eigenvalue weighted by Gasteiger charge is -2.18. The van der Waals surface area contributed by atoms with Crippen LogP contribution in [0.3, 0.4) is 0 Å². The van der Waals surface area contributed by atoms with Crippen molar-refractivity contribution in [2.75, 3.05) is 13.2 Å². The summed E-state index contributed by atoms with van der Waals surface area (Å²) in [5.74, 6) is 1.05. The van der Waals surface area contributed by atoms with Crippen molar-refractivity contribution in [1.82, 2.24) is 0 Å². The van der Waals surface area contributed by atoms with Gasteiger partial charge in [0.2, 0.25) is 5.75 Å². The Morgan fingerprint density at radius 1 is 1.00 bits per heavy atom. The Morgan fingerprint density at radius 2 is 1.68 bits per heavy atom. The first-order chi connectivity index (χ1) is 12.1. The Balaban J connectivity index is 2.54. The van der Waals surface area contributed by atoms with E-state index in [9.17, 15) is 4.79 Å². The maximum absolute atomic E-state index is 11.6. The van der Waals surface area contributed by atoms with E-state index in [1.165, 1.54) is 6.92 Å². The number of esters is 1. The predicted molar refractivity (Wildman–Crippen MR) is 101 cm³/mol. The summed E-state index contributed by atoms with van der Waals surface area (Å²) in [6.45, 7) is 6.69. The van der Waals surface area contributed by atoms with Crippen molar-refractivity contribution in [1.29, 1.82) is 0 Å². The molecule has 2 aromatic carbocycles. The molecule has 0 amide bonds. The van der Waals surface area contributed by atoms with Gasteiger partial charge in [0, 0.05) is 17.3 Å². The van der Waals surface area contributed by atoms with Gasteiger partial charge in [-0.15, -0.1) is 0 Å². The monoisotopic (exact) mass is 364 g/mol. The molecule has 25 heavy (non-hydrogen) atoms. The normalized spacial score (nSPS) is 10.7. The van der Waals surface area contributed by atoms with E-state index >= 15 is 0 Å². The minimum Gasteiger partial charge on any atom is -0.490 e. The van der Waals surface area contributed by atoms with Crippen LogP contribution in [-0.4, -0.2) is 19.2 Å². The molecule has 0 aliphatic carbocycles. The second-order valence-electron chi connectivity index (χ2n) is 5.90. The van der Waals surface area contributed by atoms with Crippen LogP contribution in [0, 0.1) is 0 Å². The number of hydrogen-bond acceptors (Lipinski definition) is 4. The van der Waals surface area contributed by atoms with Gasteiger partial charge in [0.25, 0.3) is 0 Å². The van der Waals surface area contributed by atoms with Gasteiger partial charge in [-0.3, -0.25) is 4.79 Å². The van der Waals surface area contributed by atoms with Gasteiger partial charge < -0.3 is 14.2 Å². The highest BCUT2D eigenvalue weighted by Crippen LogP contribution is 2.44. The lowest BCUT2D eigenvalue weighted by molar-refractivity contribution is -0.131. The van der Waals surface area contributed by atoms with Gasteiger partial charge in [-0.25, -0.2) is 0 Å². The van der Waals surface area contributed by atoms with Gasteiger partial charge in [-0.05, 0) is 42.5 Å². The molecule has 0 spiro atoms. The summed E-state index contributed by atoms with van der Waals surface area (Å²) in [5, 5.41) is 2.23. The zero-order valence-corrected chi connectivity index (χ0v) is 15.8. The molecule has 0 heterocycles. The fourth-order valence-corrected chi connectivity index (χ4v) is 2.62. The highest BCUT2D eigenvalue weighted by molar-refractivity contribution is 6.31. The fourth-order valence-electron chi connectivity index (χ4n) is 2.43. The summed E-state index contributed by atoms with van der Waals surface area (Å²) in [4.78, 5) is 11.6. The quantitative estimate of drug-likeness (QED) is 0.321. The molecule has 0 unspecified atom stereocenters. The van der Waals surface area contributed by atoms with Crippen LogP contribution in [0.2, 0.25) is 5.02 Å². The molecule has 4 nitrogen and oxygen atoms in total. The van der Waals surface area contributed by atoms with E-state index in [4.69, 9.17) is 25.8 Å². The first-order valence-corrected chi connectivity index (χ1v) is 9.14. The second-order valence-corrected chi connectivity index (χ2v) is 6.33. The Labute approximate surface area is 154 Å². The maximum Gasteiger partial charge on any atom is 0.308 e. The first kappa shape index (κ1) is 19.4. The Kier molecular flexibility index (Phi) is 7.38. The number of carbonyl (C=O) groups excluding carboxylic acids is 1. The summed E-state index contributed by atoms with van der Waals surface area (Å²) >= 11 is 6.12. The molecule has 2 rings (SSSR count).